The number of rotatable bonds is 10. The standard InChI is InChI=1S/C15H26O7P2/c1-5-18-23(16,19-6-2)14-10-9-11(13-12(10)22-13)15(14)24(17,20-7-3)21-8-4/h10-13H,5-9H2,1-4H3/t10-,11+,12+,13-. The Hall–Kier alpha value is -0.0000000000000000694. The van der Waals surface area contributed by atoms with Crippen LogP contribution in [0, 0.1) is 11.8 Å². The van der Waals surface area contributed by atoms with E-state index < -0.39 is 15.2 Å². The van der Waals surface area contributed by atoms with E-state index in [1.54, 1.807) is 27.7 Å². The highest BCUT2D eigenvalue weighted by atomic mass is 31.2. The molecule has 7 nitrogen and oxygen atoms in total. The molecule has 0 N–H and O–H groups in total. The molecule has 1 saturated carbocycles. The first-order valence-electron chi connectivity index (χ1n) is 8.64. The van der Waals surface area contributed by atoms with Crippen LogP contribution < -0.4 is 0 Å². The van der Waals surface area contributed by atoms with Gasteiger partial charge in [0.15, 0.2) is 0 Å². The zero-order chi connectivity index (χ0) is 17.5. The van der Waals surface area contributed by atoms with E-state index in [0.717, 1.165) is 6.42 Å². The molecule has 0 aromatic heterocycles. The molecule has 4 atom stereocenters. The molecule has 0 aromatic carbocycles. The van der Waals surface area contributed by atoms with Crippen molar-refractivity contribution in [1.82, 2.24) is 0 Å². The van der Waals surface area contributed by atoms with Gasteiger partial charge in [0.05, 0.1) is 49.3 Å². The number of fused-ring (bicyclic) bond motifs is 5. The van der Waals surface area contributed by atoms with Crippen molar-refractivity contribution in [2.24, 2.45) is 11.8 Å². The molecule has 2 aliphatic carbocycles. The van der Waals surface area contributed by atoms with Crippen LogP contribution in [0.2, 0.25) is 0 Å². The Labute approximate surface area is 143 Å². The summed E-state index contributed by atoms with van der Waals surface area (Å²) in [5.74, 6) is -0.179. The molecule has 0 spiro atoms. The Morgan fingerprint density at radius 3 is 1.42 bits per heavy atom. The highest BCUT2D eigenvalue weighted by molar-refractivity contribution is 7.63. The van der Waals surface area contributed by atoms with Crippen LogP contribution in [0.1, 0.15) is 34.1 Å². The third-order valence-corrected chi connectivity index (χ3v) is 9.51. The van der Waals surface area contributed by atoms with Crippen LogP contribution in [0.25, 0.3) is 0 Å². The minimum atomic E-state index is -3.55. The van der Waals surface area contributed by atoms with Crippen molar-refractivity contribution in [1.29, 1.82) is 0 Å². The van der Waals surface area contributed by atoms with E-state index in [1.807, 2.05) is 0 Å². The predicted octanol–water partition coefficient (Wildman–Crippen LogP) is 4.15. The van der Waals surface area contributed by atoms with Gasteiger partial charge in [0.1, 0.15) is 0 Å². The SMILES string of the molecule is CCOP(=O)(OCC)C1=C(P(=O)(OCC)OCC)[C@@H]2C[C@H]1[C@H]1O[C@H]12. The molecular weight excluding hydrogens is 354 g/mol. The molecule has 0 unspecified atom stereocenters. The van der Waals surface area contributed by atoms with E-state index in [2.05, 4.69) is 0 Å². The summed E-state index contributed by atoms with van der Waals surface area (Å²) in [6, 6.07) is 0. The second-order valence-electron chi connectivity index (χ2n) is 5.95. The topological polar surface area (TPSA) is 83.6 Å². The summed E-state index contributed by atoms with van der Waals surface area (Å²) >= 11 is 0. The molecule has 2 fully saturated rings. The molecular formula is C15H26O7P2. The van der Waals surface area contributed by atoms with Gasteiger partial charge in [0.2, 0.25) is 0 Å². The van der Waals surface area contributed by atoms with Gasteiger partial charge in [-0.25, -0.2) is 0 Å². The summed E-state index contributed by atoms with van der Waals surface area (Å²) in [5.41, 5.74) is 0. The van der Waals surface area contributed by atoms with E-state index >= 15 is 0 Å². The van der Waals surface area contributed by atoms with Crippen LogP contribution in [0.15, 0.2) is 10.6 Å². The number of epoxide rings is 1. The summed E-state index contributed by atoms with van der Waals surface area (Å²) in [6.07, 6.45) is 0.799. The minimum absolute atomic E-state index is 0.0275. The van der Waals surface area contributed by atoms with E-state index in [4.69, 9.17) is 22.8 Å². The first kappa shape index (κ1) is 18.8. The van der Waals surface area contributed by atoms with Crippen LogP contribution in [0.3, 0.4) is 0 Å². The van der Waals surface area contributed by atoms with E-state index in [0.29, 0.717) is 10.6 Å². The summed E-state index contributed by atoms with van der Waals surface area (Å²) in [5, 5.41) is 0.973. The Balaban J connectivity index is 2.11. The van der Waals surface area contributed by atoms with Gasteiger partial charge >= 0.3 is 15.2 Å². The first-order chi connectivity index (χ1) is 11.5. The van der Waals surface area contributed by atoms with Crippen molar-refractivity contribution < 1.29 is 32.0 Å². The number of ether oxygens (including phenoxy) is 1. The highest BCUT2D eigenvalue weighted by Crippen LogP contribution is 2.78. The van der Waals surface area contributed by atoms with Crippen LogP contribution >= 0.6 is 15.2 Å². The molecule has 1 heterocycles. The van der Waals surface area contributed by atoms with E-state index in [1.165, 1.54) is 0 Å². The lowest BCUT2D eigenvalue weighted by atomic mass is 10.1. The summed E-state index contributed by atoms with van der Waals surface area (Å²) in [7, 11) is -7.10. The molecule has 24 heavy (non-hydrogen) atoms. The average Bonchev–Trinajstić information content (AvgIpc) is 3.12. The molecule has 3 aliphatic rings. The first-order valence-corrected chi connectivity index (χ1v) is 11.7. The van der Waals surface area contributed by atoms with Crippen LogP contribution in [0.4, 0.5) is 0 Å². The van der Waals surface area contributed by atoms with Crippen molar-refractivity contribution in [3.63, 3.8) is 0 Å². The van der Waals surface area contributed by atoms with E-state index in [9.17, 15) is 9.13 Å². The third kappa shape index (κ3) is 2.88. The molecule has 0 aromatic rings. The van der Waals surface area contributed by atoms with Gasteiger partial charge in [0, 0.05) is 11.8 Å². The third-order valence-electron chi connectivity index (χ3n) is 4.61. The van der Waals surface area contributed by atoms with Gasteiger partial charge in [-0.1, -0.05) is 0 Å². The number of hydrogen-bond donors (Lipinski definition) is 0. The Morgan fingerprint density at radius 2 is 1.12 bits per heavy atom. The van der Waals surface area contributed by atoms with Crippen LogP contribution in [-0.2, 0) is 32.0 Å². The second kappa shape index (κ2) is 6.96. The van der Waals surface area contributed by atoms with Gasteiger partial charge in [-0.3, -0.25) is 9.13 Å². The molecule has 1 saturated heterocycles. The quantitative estimate of drug-likeness (QED) is 0.416. The van der Waals surface area contributed by atoms with Crippen LogP contribution in [-0.4, -0.2) is 38.6 Å². The molecule has 2 bridgehead atoms. The Bertz CT molecular complexity index is 547. The van der Waals surface area contributed by atoms with Gasteiger partial charge in [-0.15, -0.1) is 0 Å². The maximum Gasteiger partial charge on any atom is 0.358 e. The van der Waals surface area contributed by atoms with Crippen LogP contribution in [0.5, 0.6) is 0 Å². The van der Waals surface area contributed by atoms with Gasteiger partial charge < -0.3 is 22.8 Å². The Kier molecular flexibility index (Phi) is 5.44. The van der Waals surface area contributed by atoms with Crippen molar-refractivity contribution >= 4 is 15.2 Å². The molecule has 3 rings (SSSR count). The smallest absolute Gasteiger partial charge is 0.358 e. The fraction of sp³-hybridized carbons (Fsp3) is 0.867. The lowest BCUT2D eigenvalue weighted by Crippen LogP contribution is -2.16. The summed E-state index contributed by atoms with van der Waals surface area (Å²) in [6.45, 7) is 8.03. The average molecular weight is 380 g/mol. The van der Waals surface area contributed by atoms with Crippen molar-refractivity contribution in [3.8, 4) is 0 Å². The summed E-state index contributed by atoms with van der Waals surface area (Å²) in [4.78, 5) is 0. The molecule has 9 heteroatoms. The normalized spacial score (nSPS) is 31.7. The molecule has 0 amide bonds. The monoisotopic (exact) mass is 380 g/mol. The molecule has 138 valence electrons. The van der Waals surface area contributed by atoms with Gasteiger partial charge in [0.25, 0.3) is 0 Å². The fourth-order valence-electron chi connectivity index (χ4n) is 3.96. The lowest BCUT2D eigenvalue weighted by molar-refractivity contribution is 0.218. The highest BCUT2D eigenvalue weighted by Gasteiger charge is 2.69. The molecule has 0 radical (unpaired) electrons. The van der Waals surface area contributed by atoms with Crippen molar-refractivity contribution in [2.75, 3.05) is 26.4 Å². The molecule has 1 aliphatic heterocycles. The lowest BCUT2D eigenvalue weighted by Gasteiger charge is -2.28. The second-order valence-corrected chi connectivity index (χ2v) is 9.94. The van der Waals surface area contributed by atoms with E-state index in [-0.39, 0.29) is 50.5 Å². The summed E-state index contributed by atoms with van der Waals surface area (Å²) < 4.78 is 54.8. The zero-order valence-electron chi connectivity index (χ0n) is 14.6. The number of hydrogen-bond acceptors (Lipinski definition) is 7. The Morgan fingerprint density at radius 1 is 0.792 bits per heavy atom. The maximum atomic E-state index is 13.4. The minimum Gasteiger partial charge on any atom is -0.368 e. The van der Waals surface area contributed by atoms with Crippen molar-refractivity contribution in [3.05, 3.63) is 10.6 Å². The fourth-order valence-corrected chi connectivity index (χ4v) is 8.97. The van der Waals surface area contributed by atoms with Gasteiger partial charge in [-0.2, -0.15) is 0 Å². The van der Waals surface area contributed by atoms with Crippen molar-refractivity contribution in [2.45, 2.75) is 46.3 Å². The zero-order valence-corrected chi connectivity index (χ0v) is 16.4. The predicted molar refractivity (Wildman–Crippen MR) is 89.0 cm³/mol. The maximum absolute atomic E-state index is 13.4. The largest absolute Gasteiger partial charge is 0.368 e. The van der Waals surface area contributed by atoms with Gasteiger partial charge in [-0.05, 0) is 34.1 Å².